The van der Waals surface area contributed by atoms with Gasteiger partial charge in [-0.3, -0.25) is 9.68 Å². The molecule has 36 heavy (non-hydrogen) atoms. The maximum Gasteiger partial charge on any atom is 0.565 e. The van der Waals surface area contributed by atoms with Gasteiger partial charge in [-0.15, -0.1) is 10.2 Å². The van der Waals surface area contributed by atoms with Gasteiger partial charge < -0.3 is 10.2 Å². The van der Waals surface area contributed by atoms with Crippen LogP contribution in [0.15, 0.2) is 118 Å². The number of carbonyl (C=O) groups is 1. The Morgan fingerprint density at radius 3 is 1.42 bits per heavy atom. The molecule has 0 fully saturated rings. The molecule has 2 N–H and O–H groups in total. The third-order valence-corrected chi connectivity index (χ3v) is 5.24. The molecule has 0 aliphatic heterocycles. The van der Waals surface area contributed by atoms with Gasteiger partial charge in [0.25, 0.3) is 0 Å². The molecule has 0 atom stereocenters. The van der Waals surface area contributed by atoms with E-state index < -0.39 is 6.16 Å². The van der Waals surface area contributed by atoms with Crippen molar-refractivity contribution in [1.82, 2.24) is 0 Å². The summed E-state index contributed by atoms with van der Waals surface area (Å²) in [5, 5.41) is 35.1. The highest BCUT2D eigenvalue weighted by molar-refractivity contribution is 5.72. The Bertz CT molecular complexity index is 1270. The van der Waals surface area contributed by atoms with Gasteiger partial charge in [0.15, 0.2) is 0 Å². The molecule has 0 spiro atoms. The van der Waals surface area contributed by atoms with Crippen LogP contribution in [0.5, 0.6) is 11.5 Å². The molecule has 4 rings (SSSR count). The molecule has 180 valence electrons. The molecule has 4 aromatic carbocycles. The van der Waals surface area contributed by atoms with E-state index in [0.29, 0.717) is 22.3 Å². The summed E-state index contributed by atoms with van der Waals surface area (Å²) < 4.78 is 0. The van der Waals surface area contributed by atoms with E-state index in [-0.39, 0.29) is 24.6 Å². The lowest BCUT2D eigenvalue weighted by Gasteiger charge is -2.08. The van der Waals surface area contributed by atoms with E-state index in [9.17, 15) is 15.0 Å². The smallest absolute Gasteiger partial charge is 0.507 e. The molecule has 0 aliphatic carbocycles. The van der Waals surface area contributed by atoms with Crippen LogP contribution in [0, 0.1) is 0 Å². The molecule has 0 amide bonds. The van der Waals surface area contributed by atoms with Crippen LogP contribution in [0.3, 0.4) is 0 Å². The van der Waals surface area contributed by atoms with E-state index in [1.54, 1.807) is 36.4 Å². The molecule has 0 saturated carbocycles. The number of phenolic OH excluding ortho intramolecular Hbond substituents is 2. The van der Waals surface area contributed by atoms with Crippen molar-refractivity contribution in [2.75, 3.05) is 0 Å². The van der Waals surface area contributed by atoms with Crippen molar-refractivity contribution in [2.24, 2.45) is 20.8 Å². The van der Waals surface area contributed by atoms with Gasteiger partial charge in [0.05, 0.1) is 13.1 Å². The average Bonchev–Trinajstić information content (AvgIpc) is 2.92. The van der Waals surface area contributed by atoms with E-state index in [0.717, 1.165) is 11.1 Å². The maximum absolute atomic E-state index is 11.6. The van der Waals surface area contributed by atoms with Crippen LogP contribution in [-0.4, -0.2) is 16.4 Å². The summed E-state index contributed by atoms with van der Waals surface area (Å²) >= 11 is 0. The minimum atomic E-state index is -1.23. The number of para-hydroxylation sites is 2. The molecule has 0 aromatic heterocycles. The first kappa shape index (κ1) is 24.1. The molecule has 0 radical (unpaired) electrons. The predicted molar refractivity (Wildman–Crippen MR) is 132 cm³/mol. The van der Waals surface area contributed by atoms with Crippen molar-refractivity contribution >= 4 is 6.16 Å². The average molecular weight is 482 g/mol. The normalized spacial score (nSPS) is 11.1. The molecule has 9 heteroatoms. The summed E-state index contributed by atoms with van der Waals surface area (Å²) in [6.07, 6.45) is -1.23. The Balaban J connectivity index is 1.27. The fraction of sp³-hybridized carbons (Fsp3) is 0.0741. The molecule has 0 heterocycles. The second-order valence-corrected chi connectivity index (χ2v) is 7.55. The number of carbonyl (C=O) groups excluding carboxylic acids is 1. The molecular weight excluding hydrogens is 460 g/mol. The Labute approximate surface area is 206 Å². The van der Waals surface area contributed by atoms with Crippen LogP contribution in [0.25, 0.3) is 22.3 Å². The van der Waals surface area contributed by atoms with E-state index in [1.807, 2.05) is 60.7 Å². The number of hydrogen-bond donors (Lipinski definition) is 2. The van der Waals surface area contributed by atoms with Crippen molar-refractivity contribution < 1.29 is 24.7 Å². The molecular formula is C27H22N4O5. The van der Waals surface area contributed by atoms with Gasteiger partial charge >= 0.3 is 6.16 Å². The number of aromatic hydroxyl groups is 2. The SMILES string of the molecule is O=C(ON=NCc1cccc(-c2ccccc2)c1O)ON=NCc1cccc(-c2ccccc2)c1O. The summed E-state index contributed by atoms with van der Waals surface area (Å²) in [5.41, 5.74) is 4.05. The lowest BCUT2D eigenvalue weighted by molar-refractivity contribution is 0.0455. The Hall–Kier alpha value is -5.05. The first-order chi connectivity index (χ1) is 17.6. The molecule has 0 bridgehead atoms. The summed E-state index contributed by atoms with van der Waals surface area (Å²) in [5.74, 6) is 0.136. The van der Waals surface area contributed by atoms with Crippen molar-refractivity contribution in [3.63, 3.8) is 0 Å². The topological polar surface area (TPSA) is 125 Å². The minimum Gasteiger partial charge on any atom is -0.507 e. The third kappa shape index (κ3) is 6.09. The second-order valence-electron chi connectivity index (χ2n) is 7.55. The van der Waals surface area contributed by atoms with Crippen molar-refractivity contribution in [3.8, 4) is 33.8 Å². The lowest BCUT2D eigenvalue weighted by atomic mass is 10.0. The number of hydrogen-bond acceptors (Lipinski definition) is 9. The first-order valence-corrected chi connectivity index (χ1v) is 11.0. The van der Waals surface area contributed by atoms with E-state index in [4.69, 9.17) is 0 Å². The fourth-order valence-electron chi connectivity index (χ4n) is 3.49. The lowest BCUT2D eigenvalue weighted by Crippen LogP contribution is -1.98. The molecule has 9 nitrogen and oxygen atoms in total. The zero-order chi connectivity index (χ0) is 25.2. The minimum absolute atomic E-state index is 0.0155. The van der Waals surface area contributed by atoms with Gasteiger partial charge in [-0.25, -0.2) is 0 Å². The van der Waals surface area contributed by atoms with Crippen LogP contribution in [0.1, 0.15) is 11.1 Å². The van der Waals surface area contributed by atoms with E-state index in [2.05, 4.69) is 30.5 Å². The van der Waals surface area contributed by atoms with Crippen LogP contribution < -0.4 is 0 Å². The highest BCUT2D eigenvalue weighted by Crippen LogP contribution is 2.33. The molecule has 0 aliphatic rings. The number of benzene rings is 4. The second kappa shape index (κ2) is 11.9. The van der Waals surface area contributed by atoms with Gasteiger partial charge in [0.1, 0.15) is 11.5 Å². The standard InChI is InChI=1S/C27H22N4O5/c32-25-21(13-7-15-23(25)19-9-3-1-4-10-19)17-28-30-35-27(34)36-31-29-18-22-14-8-16-24(26(22)33)20-11-5-2-6-12-20/h1-16,32-33H,17-18H2. The largest absolute Gasteiger partial charge is 0.565 e. The highest BCUT2D eigenvalue weighted by Gasteiger charge is 2.10. The Morgan fingerprint density at radius 2 is 1.00 bits per heavy atom. The Morgan fingerprint density at radius 1 is 0.583 bits per heavy atom. The van der Waals surface area contributed by atoms with Crippen molar-refractivity contribution in [2.45, 2.75) is 13.1 Å². The Kier molecular flexibility index (Phi) is 7.95. The number of nitrogens with zero attached hydrogens (tertiary/aromatic N) is 4. The third-order valence-electron chi connectivity index (χ3n) is 5.24. The van der Waals surface area contributed by atoms with Crippen LogP contribution >= 0.6 is 0 Å². The monoisotopic (exact) mass is 482 g/mol. The van der Waals surface area contributed by atoms with Crippen molar-refractivity contribution in [1.29, 1.82) is 0 Å². The van der Waals surface area contributed by atoms with Crippen LogP contribution in [-0.2, 0) is 22.8 Å². The predicted octanol–water partition coefficient (Wildman–Crippen LogP) is 7.02. The zero-order valence-corrected chi connectivity index (χ0v) is 19.1. The quantitative estimate of drug-likeness (QED) is 0.206. The maximum atomic E-state index is 11.6. The van der Waals surface area contributed by atoms with Gasteiger partial charge in [-0.1, -0.05) is 97.1 Å². The van der Waals surface area contributed by atoms with Gasteiger partial charge in [-0.05, 0) is 11.1 Å². The molecule has 0 unspecified atom stereocenters. The van der Waals surface area contributed by atoms with E-state index in [1.165, 1.54) is 0 Å². The summed E-state index contributed by atoms with van der Waals surface area (Å²) in [7, 11) is 0. The van der Waals surface area contributed by atoms with Gasteiger partial charge in [0, 0.05) is 32.8 Å². The van der Waals surface area contributed by atoms with Crippen LogP contribution in [0.2, 0.25) is 0 Å². The zero-order valence-electron chi connectivity index (χ0n) is 19.1. The van der Waals surface area contributed by atoms with Gasteiger partial charge in [0.2, 0.25) is 0 Å². The summed E-state index contributed by atoms with van der Waals surface area (Å²) in [4.78, 5) is 20.6. The van der Waals surface area contributed by atoms with Crippen molar-refractivity contribution in [3.05, 3.63) is 108 Å². The number of rotatable bonds is 8. The van der Waals surface area contributed by atoms with Crippen LogP contribution in [0.4, 0.5) is 4.79 Å². The summed E-state index contributed by atoms with van der Waals surface area (Å²) in [6, 6.07) is 29.4. The highest BCUT2D eigenvalue weighted by atomic mass is 16.9. The van der Waals surface area contributed by atoms with E-state index >= 15 is 0 Å². The summed E-state index contributed by atoms with van der Waals surface area (Å²) in [6.45, 7) is -0.0311. The fourth-order valence-corrected chi connectivity index (χ4v) is 3.49. The first-order valence-electron chi connectivity index (χ1n) is 11.0. The molecule has 4 aromatic rings. The molecule has 0 saturated heterocycles. The number of phenols is 2. The van der Waals surface area contributed by atoms with Gasteiger partial charge in [-0.2, -0.15) is 4.79 Å².